The molecule has 2 nitrogen and oxygen atoms in total. The third-order valence-electron chi connectivity index (χ3n) is 2.60. The van der Waals surface area contributed by atoms with E-state index in [1.54, 1.807) is 0 Å². The summed E-state index contributed by atoms with van der Waals surface area (Å²) in [7, 11) is 0. The number of amidine groups is 1. The zero-order valence-corrected chi connectivity index (χ0v) is 7.14. The second kappa shape index (κ2) is 2.84. The van der Waals surface area contributed by atoms with Crippen LogP contribution in [-0.4, -0.2) is 18.4 Å². The largest absolute Gasteiger partial charge is 0.371 e. The molecule has 0 amide bonds. The third kappa shape index (κ3) is 1.73. The Morgan fingerprint density at radius 3 is 2.91 bits per heavy atom. The van der Waals surface area contributed by atoms with Crippen molar-refractivity contribution in [3.8, 4) is 0 Å². The van der Waals surface area contributed by atoms with Crippen molar-refractivity contribution in [3.05, 3.63) is 0 Å². The SMILES string of the molecule is CC(NC1=NCCC1)C1CC1. The second-order valence-electron chi connectivity index (χ2n) is 3.70. The summed E-state index contributed by atoms with van der Waals surface area (Å²) in [5, 5.41) is 3.49. The highest BCUT2D eigenvalue weighted by atomic mass is 15.0. The number of hydrogen-bond acceptors (Lipinski definition) is 2. The van der Waals surface area contributed by atoms with E-state index in [1.165, 1.54) is 31.5 Å². The summed E-state index contributed by atoms with van der Waals surface area (Å²) in [5.41, 5.74) is 0. The van der Waals surface area contributed by atoms with E-state index in [9.17, 15) is 0 Å². The highest BCUT2D eigenvalue weighted by Crippen LogP contribution is 2.32. The molecule has 1 aliphatic carbocycles. The van der Waals surface area contributed by atoms with Gasteiger partial charge in [-0.05, 0) is 32.1 Å². The van der Waals surface area contributed by atoms with E-state index in [-0.39, 0.29) is 0 Å². The van der Waals surface area contributed by atoms with E-state index in [0.29, 0.717) is 6.04 Å². The van der Waals surface area contributed by atoms with Gasteiger partial charge in [0.15, 0.2) is 0 Å². The summed E-state index contributed by atoms with van der Waals surface area (Å²) < 4.78 is 0. The molecule has 11 heavy (non-hydrogen) atoms. The van der Waals surface area contributed by atoms with Gasteiger partial charge < -0.3 is 5.32 Å². The first-order valence-corrected chi connectivity index (χ1v) is 4.66. The van der Waals surface area contributed by atoms with E-state index < -0.39 is 0 Å². The number of aliphatic imine (C=N–C) groups is 1. The molecule has 1 aliphatic heterocycles. The van der Waals surface area contributed by atoms with Crippen LogP contribution in [0.4, 0.5) is 0 Å². The van der Waals surface area contributed by atoms with E-state index in [0.717, 1.165) is 12.5 Å². The smallest absolute Gasteiger partial charge is 0.0965 e. The standard InChI is InChI=1S/C9H16N2/c1-7(8-4-5-8)11-9-3-2-6-10-9/h7-8H,2-6H2,1H3,(H,10,11). The van der Waals surface area contributed by atoms with E-state index >= 15 is 0 Å². The minimum Gasteiger partial charge on any atom is -0.371 e. The molecule has 0 aromatic rings. The maximum Gasteiger partial charge on any atom is 0.0965 e. The van der Waals surface area contributed by atoms with Crippen LogP contribution in [0.25, 0.3) is 0 Å². The fraction of sp³-hybridized carbons (Fsp3) is 0.889. The molecule has 1 unspecified atom stereocenters. The average Bonchev–Trinajstić information content (AvgIpc) is 2.73. The van der Waals surface area contributed by atoms with Gasteiger partial charge in [0.25, 0.3) is 0 Å². The lowest BCUT2D eigenvalue weighted by Gasteiger charge is -2.13. The van der Waals surface area contributed by atoms with Gasteiger partial charge in [-0.15, -0.1) is 0 Å². The van der Waals surface area contributed by atoms with Crippen LogP contribution >= 0.6 is 0 Å². The fourth-order valence-electron chi connectivity index (χ4n) is 1.63. The first-order chi connectivity index (χ1) is 5.36. The maximum atomic E-state index is 4.39. The Morgan fingerprint density at radius 2 is 2.36 bits per heavy atom. The van der Waals surface area contributed by atoms with Gasteiger partial charge in [-0.25, -0.2) is 0 Å². The molecule has 2 heteroatoms. The van der Waals surface area contributed by atoms with Crippen LogP contribution in [0.3, 0.4) is 0 Å². The van der Waals surface area contributed by atoms with Crippen LogP contribution in [0.5, 0.6) is 0 Å². The Morgan fingerprint density at radius 1 is 1.55 bits per heavy atom. The van der Waals surface area contributed by atoms with Crippen LogP contribution in [0, 0.1) is 5.92 Å². The summed E-state index contributed by atoms with van der Waals surface area (Å²) in [6.07, 6.45) is 5.26. The summed E-state index contributed by atoms with van der Waals surface area (Å²) in [6, 6.07) is 0.673. The zero-order chi connectivity index (χ0) is 7.68. The van der Waals surface area contributed by atoms with E-state index in [2.05, 4.69) is 17.2 Å². The molecular formula is C9H16N2. The lowest BCUT2D eigenvalue weighted by molar-refractivity contribution is 0.584. The topological polar surface area (TPSA) is 24.4 Å². The van der Waals surface area contributed by atoms with Crippen molar-refractivity contribution in [2.45, 2.75) is 38.6 Å². The minimum atomic E-state index is 0.673. The van der Waals surface area contributed by atoms with Crippen molar-refractivity contribution in [1.29, 1.82) is 0 Å². The molecule has 1 heterocycles. The summed E-state index contributed by atoms with van der Waals surface area (Å²) >= 11 is 0. The molecule has 0 bridgehead atoms. The Labute approximate surface area is 68.1 Å². The molecule has 2 aliphatic rings. The average molecular weight is 152 g/mol. The van der Waals surface area contributed by atoms with Gasteiger partial charge >= 0.3 is 0 Å². The van der Waals surface area contributed by atoms with E-state index in [4.69, 9.17) is 0 Å². The van der Waals surface area contributed by atoms with Crippen LogP contribution in [0.1, 0.15) is 32.6 Å². The Balaban J connectivity index is 1.78. The predicted molar refractivity (Wildman–Crippen MR) is 46.9 cm³/mol. The molecule has 2 rings (SSSR count). The molecule has 0 aromatic heterocycles. The fourth-order valence-corrected chi connectivity index (χ4v) is 1.63. The number of rotatable bonds is 2. The summed E-state index contributed by atoms with van der Waals surface area (Å²) in [5.74, 6) is 2.20. The number of nitrogens with zero attached hydrogens (tertiary/aromatic N) is 1. The Hall–Kier alpha value is -0.530. The van der Waals surface area contributed by atoms with Crippen molar-refractivity contribution in [3.63, 3.8) is 0 Å². The van der Waals surface area contributed by atoms with Crippen molar-refractivity contribution in [2.75, 3.05) is 6.54 Å². The Kier molecular flexibility index (Phi) is 1.84. The lowest BCUT2D eigenvalue weighted by Crippen LogP contribution is -2.32. The van der Waals surface area contributed by atoms with Crippen LogP contribution < -0.4 is 5.32 Å². The maximum absolute atomic E-state index is 4.39. The quantitative estimate of drug-likeness (QED) is 0.638. The molecule has 1 saturated carbocycles. The number of nitrogens with one attached hydrogen (secondary N) is 1. The molecule has 1 atom stereocenters. The molecule has 0 radical (unpaired) electrons. The zero-order valence-electron chi connectivity index (χ0n) is 7.14. The van der Waals surface area contributed by atoms with Gasteiger partial charge in [-0.1, -0.05) is 0 Å². The summed E-state index contributed by atoms with van der Waals surface area (Å²) in [6.45, 7) is 3.32. The molecular weight excluding hydrogens is 136 g/mol. The third-order valence-corrected chi connectivity index (χ3v) is 2.60. The van der Waals surface area contributed by atoms with Crippen molar-refractivity contribution in [1.82, 2.24) is 5.32 Å². The molecule has 0 saturated heterocycles. The van der Waals surface area contributed by atoms with Gasteiger partial charge in [0.2, 0.25) is 0 Å². The van der Waals surface area contributed by atoms with Gasteiger partial charge in [-0.2, -0.15) is 0 Å². The molecule has 0 spiro atoms. The van der Waals surface area contributed by atoms with Crippen LogP contribution in [-0.2, 0) is 0 Å². The number of hydrogen-bond donors (Lipinski definition) is 1. The first-order valence-electron chi connectivity index (χ1n) is 4.66. The van der Waals surface area contributed by atoms with Crippen molar-refractivity contribution in [2.24, 2.45) is 10.9 Å². The highest BCUT2D eigenvalue weighted by Gasteiger charge is 2.28. The predicted octanol–water partition coefficient (Wildman–Crippen LogP) is 1.57. The van der Waals surface area contributed by atoms with Crippen LogP contribution in [0.2, 0.25) is 0 Å². The van der Waals surface area contributed by atoms with Gasteiger partial charge in [0, 0.05) is 19.0 Å². The summed E-state index contributed by atoms with van der Waals surface area (Å²) in [4.78, 5) is 4.39. The van der Waals surface area contributed by atoms with Crippen LogP contribution in [0.15, 0.2) is 4.99 Å². The highest BCUT2D eigenvalue weighted by molar-refractivity contribution is 5.83. The van der Waals surface area contributed by atoms with Crippen molar-refractivity contribution >= 4 is 5.84 Å². The van der Waals surface area contributed by atoms with Gasteiger partial charge in [-0.3, -0.25) is 4.99 Å². The Bertz CT molecular complexity index is 170. The second-order valence-corrected chi connectivity index (χ2v) is 3.70. The van der Waals surface area contributed by atoms with E-state index in [1.807, 2.05) is 0 Å². The first kappa shape index (κ1) is 7.14. The minimum absolute atomic E-state index is 0.673. The lowest BCUT2D eigenvalue weighted by atomic mass is 10.2. The molecule has 1 fully saturated rings. The van der Waals surface area contributed by atoms with Crippen molar-refractivity contribution < 1.29 is 0 Å². The molecule has 1 N–H and O–H groups in total. The molecule has 62 valence electrons. The normalized spacial score (nSPS) is 26.5. The monoisotopic (exact) mass is 152 g/mol. The van der Waals surface area contributed by atoms with Gasteiger partial charge in [0.05, 0.1) is 5.84 Å². The molecule has 0 aromatic carbocycles. The van der Waals surface area contributed by atoms with Gasteiger partial charge in [0.1, 0.15) is 0 Å².